The van der Waals surface area contributed by atoms with E-state index in [2.05, 4.69) is 14.9 Å². The first-order valence-electron chi connectivity index (χ1n) is 12.6. The monoisotopic (exact) mass is 614 g/mol. The number of oxazole rings is 1. The number of aromatic nitrogens is 2. The van der Waals surface area contributed by atoms with E-state index in [4.69, 9.17) is 8.94 Å². The lowest BCUT2D eigenvalue weighted by Crippen LogP contribution is -2.29. The number of hydrogen-bond acceptors (Lipinski definition) is 7. The molecule has 0 fully saturated rings. The topological polar surface area (TPSA) is 119 Å². The molecule has 0 atom stereocenters. The van der Waals surface area contributed by atoms with Crippen LogP contribution in [0.5, 0.6) is 0 Å². The molecule has 9 nitrogen and oxygen atoms in total. The fourth-order valence-electron chi connectivity index (χ4n) is 4.38. The van der Waals surface area contributed by atoms with Crippen LogP contribution in [-0.4, -0.2) is 36.4 Å². The van der Waals surface area contributed by atoms with E-state index in [1.54, 1.807) is 38.1 Å². The minimum atomic E-state index is -4.26. The van der Waals surface area contributed by atoms with Crippen molar-refractivity contribution >= 4 is 21.8 Å². The van der Waals surface area contributed by atoms with Gasteiger partial charge in [0.1, 0.15) is 11.8 Å². The van der Waals surface area contributed by atoms with E-state index in [9.17, 15) is 30.8 Å². The van der Waals surface area contributed by atoms with E-state index < -0.39 is 44.8 Å². The molecule has 0 radical (unpaired) electrons. The molecule has 0 unspecified atom stereocenters. The molecule has 0 saturated heterocycles. The van der Waals surface area contributed by atoms with Gasteiger partial charge < -0.3 is 13.8 Å². The quantitative estimate of drug-likeness (QED) is 0.162. The van der Waals surface area contributed by atoms with E-state index >= 15 is 0 Å². The Hall–Kier alpha value is -4.98. The van der Waals surface area contributed by atoms with Gasteiger partial charge in [0, 0.05) is 36.3 Å². The van der Waals surface area contributed by atoms with Gasteiger partial charge in [0.2, 0.25) is 11.8 Å². The van der Waals surface area contributed by atoms with Crippen molar-refractivity contribution in [1.82, 2.24) is 15.0 Å². The molecular formula is C29H22F4N4O5S. The molecule has 2 aromatic heterocycles. The summed E-state index contributed by atoms with van der Waals surface area (Å²) >= 11 is 0. The first-order chi connectivity index (χ1) is 20.4. The molecule has 0 spiro atoms. The molecule has 0 aliphatic rings. The third kappa shape index (κ3) is 5.60. The molecule has 0 aliphatic heterocycles. The van der Waals surface area contributed by atoms with Crippen LogP contribution in [0.1, 0.15) is 27.2 Å². The molecule has 0 bridgehead atoms. The van der Waals surface area contributed by atoms with Gasteiger partial charge in [-0.3, -0.25) is 4.79 Å². The highest BCUT2D eigenvalue weighted by Gasteiger charge is 2.29. The summed E-state index contributed by atoms with van der Waals surface area (Å²) < 4.78 is 96.5. The van der Waals surface area contributed by atoms with Crippen LogP contribution in [-0.2, 0) is 16.6 Å². The summed E-state index contributed by atoms with van der Waals surface area (Å²) in [5.41, 5.74) is 0.819. The van der Waals surface area contributed by atoms with Gasteiger partial charge in [-0.05, 0) is 43.2 Å². The van der Waals surface area contributed by atoms with Crippen molar-refractivity contribution in [2.45, 2.75) is 25.3 Å². The summed E-state index contributed by atoms with van der Waals surface area (Å²) in [6.07, 6.45) is 2.74. The van der Waals surface area contributed by atoms with Crippen LogP contribution in [0.2, 0.25) is 0 Å². The van der Waals surface area contributed by atoms with Gasteiger partial charge in [0.25, 0.3) is 15.9 Å². The highest BCUT2D eigenvalue weighted by atomic mass is 32.2. The minimum Gasteiger partial charge on any atom is -0.445 e. The summed E-state index contributed by atoms with van der Waals surface area (Å²) in [5.74, 6) is -8.36. The van der Waals surface area contributed by atoms with Crippen molar-refractivity contribution < 1.29 is 39.7 Å². The number of rotatable bonds is 8. The maximum Gasteiger partial charge on any atom is 0.264 e. The van der Waals surface area contributed by atoms with Crippen LogP contribution < -0.4 is 4.72 Å². The zero-order chi connectivity index (χ0) is 31.1. The Labute approximate surface area is 242 Å². The van der Waals surface area contributed by atoms with Crippen molar-refractivity contribution in [2.75, 3.05) is 11.8 Å². The summed E-state index contributed by atoms with van der Waals surface area (Å²) in [4.78, 5) is 17.9. The summed E-state index contributed by atoms with van der Waals surface area (Å²) in [6, 6.07) is 10.7. The van der Waals surface area contributed by atoms with Gasteiger partial charge in [-0.15, -0.1) is 0 Å². The zero-order valence-corrected chi connectivity index (χ0v) is 23.6. The highest BCUT2D eigenvalue weighted by Crippen LogP contribution is 2.35. The van der Waals surface area contributed by atoms with Crippen LogP contribution in [0.4, 0.5) is 23.4 Å². The highest BCUT2D eigenvalue weighted by molar-refractivity contribution is 7.92. The number of anilines is 1. The van der Waals surface area contributed by atoms with Gasteiger partial charge >= 0.3 is 0 Å². The average molecular weight is 615 g/mol. The maximum absolute atomic E-state index is 14.4. The number of nitrogens with one attached hydrogen (secondary N) is 1. The Balaban J connectivity index is 1.60. The predicted octanol–water partition coefficient (Wildman–Crippen LogP) is 6.24. The van der Waals surface area contributed by atoms with Gasteiger partial charge in [0.05, 0.1) is 16.8 Å². The van der Waals surface area contributed by atoms with Gasteiger partial charge in [-0.2, -0.15) is 0 Å². The van der Waals surface area contributed by atoms with E-state index in [1.807, 2.05) is 0 Å². The van der Waals surface area contributed by atoms with E-state index in [-0.39, 0.29) is 34.8 Å². The van der Waals surface area contributed by atoms with Gasteiger partial charge in [-0.1, -0.05) is 29.4 Å². The lowest BCUT2D eigenvalue weighted by atomic mass is 9.96. The number of aryl methyl sites for hydroxylation is 1. The molecule has 2 heterocycles. The normalized spacial score (nSPS) is 11.5. The molecule has 1 amide bonds. The van der Waals surface area contributed by atoms with Crippen molar-refractivity contribution in [3.05, 3.63) is 107 Å². The molecule has 222 valence electrons. The molecule has 1 N–H and O–H groups in total. The number of benzene rings is 3. The second kappa shape index (κ2) is 11.4. The Morgan fingerprint density at radius 1 is 0.977 bits per heavy atom. The van der Waals surface area contributed by atoms with Gasteiger partial charge in [-0.25, -0.2) is 35.7 Å². The first kappa shape index (κ1) is 29.5. The molecule has 14 heteroatoms. The molecular weight excluding hydrogens is 592 g/mol. The number of halogens is 4. The standard InChI is InChI=1S/C29H22F4N4O5S/c1-15-16(2)35-42-27(15)36-43(39,40)23-7-5-4-6-20(23)19-9-8-17(28-34-10-11-41-28)12-18(19)14-37(3)29(38)24-25(32)21(30)13-22(31)26(24)33/h4-13,36H,14H2,1-3H3. The molecule has 0 aliphatic carbocycles. The van der Waals surface area contributed by atoms with E-state index in [1.165, 1.54) is 37.7 Å². The molecule has 5 rings (SSSR count). The van der Waals surface area contributed by atoms with Crippen LogP contribution in [0.25, 0.3) is 22.6 Å². The summed E-state index contributed by atoms with van der Waals surface area (Å²) in [6.45, 7) is 2.92. The van der Waals surface area contributed by atoms with Crippen molar-refractivity contribution in [3.8, 4) is 22.6 Å². The van der Waals surface area contributed by atoms with E-state index in [0.29, 0.717) is 27.9 Å². The maximum atomic E-state index is 14.4. The number of carbonyl (C=O) groups is 1. The molecule has 0 saturated carbocycles. The third-order valence-electron chi connectivity index (χ3n) is 6.72. The molecule has 3 aromatic carbocycles. The fraction of sp³-hybridized carbons (Fsp3) is 0.138. The van der Waals surface area contributed by atoms with E-state index in [0.717, 1.165) is 4.90 Å². The lowest BCUT2D eigenvalue weighted by Gasteiger charge is -2.22. The predicted molar refractivity (Wildman–Crippen MR) is 146 cm³/mol. The Kier molecular flexibility index (Phi) is 7.80. The van der Waals surface area contributed by atoms with Crippen molar-refractivity contribution in [1.29, 1.82) is 0 Å². The van der Waals surface area contributed by atoms with Crippen molar-refractivity contribution in [2.24, 2.45) is 0 Å². The van der Waals surface area contributed by atoms with Gasteiger partial charge in [0.15, 0.2) is 23.3 Å². The second-order valence-corrected chi connectivity index (χ2v) is 11.2. The van der Waals surface area contributed by atoms with Crippen LogP contribution in [0.3, 0.4) is 0 Å². The summed E-state index contributed by atoms with van der Waals surface area (Å²) in [5, 5.41) is 3.77. The number of hydrogen-bond donors (Lipinski definition) is 1. The van der Waals surface area contributed by atoms with Crippen LogP contribution >= 0.6 is 0 Å². The fourth-order valence-corrected chi connectivity index (χ4v) is 5.65. The number of sulfonamides is 1. The Morgan fingerprint density at radius 3 is 2.30 bits per heavy atom. The zero-order valence-electron chi connectivity index (χ0n) is 22.8. The van der Waals surface area contributed by atoms with Crippen LogP contribution in [0.15, 0.2) is 74.8 Å². The largest absolute Gasteiger partial charge is 0.445 e. The third-order valence-corrected chi connectivity index (χ3v) is 8.10. The molecule has 5 aromatic rings. The second-order valence-electron chi connectivity index (χ2n) is 9.54. The average Bonchev–Trinajstić information content (AvgIpc) is 3.63. The van der Waals surface area contributed by atoms with Crippen molar-refractivity contribution in [3.63, 3.8) is 0 Å². The van der Waals surface area contributed by atoms with Crippen LogP contribution in [0, 0.1) is 37.1 Å². The SMILES string of the molecule is Cc1noc(NS(=O)(=O)c2ccccc2-c2ccc(-c3ncco3)cc2CN(C)C(=O)c2c(F)c(F)cc(F)c2F)c1C. The number of amides is 1. The lowest BCUT2D eigenvalue weighted by molar-refractivity contribution is 0.0772. The smallest absolute Gasteiger partial charge is 0.264 e. The first-order valence-corrected chi connectivity index (χ1v) is 14.0. The molecule has 43 heavy (non-hydrogen) atoms. The minimum absolute atomic E-state index is 0.00633. The number of nitrogens with zero attached hydrogens (tertiary/aromatic N) is 3. The Bertz CT molecular complexity index is 1930. The summed E-state index contributed by atoms with van der Waals surface area (Å²) in [7, 11) is -3.09. The number of carbonyl (C=O) groups excluding carboxylic acids is 1. The Morgan fingerprint density at radius 2 is 1.67 bits per heavy atom.